The molecule has 0 saturated heterocycles. The first-order valence-corrected chi connectivity index (χ1v) is 4.55. The van der Waals surface area contributed by atoms with Crippen molar-refractivity contribution in [2.24, 2.45) is 0 Å². The van der Waals surface area contributed by atoms with Crippen LogP contribution in [-0.2, 0) is 0 Å². The lowest BCUT2D eigenvalue weighted by Crippen LogP contribution is -1.71. The maximum Gasteiger partial charge on any atom is 0.258 e. The van der Waals surface area contributed by atoms with Crippen molar-refractivity contribution in [3.63, 3.8) is 0 Å². The summed E-state index contributed by atoms with van der Waals surface area (Å²) >= 11 is 4.93. The molecule has 0 aliphatic rings. The van der Waals surface area contributed by atoms with E-state index in [1.807, 2.05) is 11.4 Å². The summed E-state index contributed by atoms with van der Waals surface area (Å²) in [6, 6.07) is 1.95. The fourth-order valence-corrected chi connectivity index (χ4v) is 2.19. The Morgan fingerprint density at radius 2 is 2.45 bits per heavy atom. The molecule has 0 N–H and O–H groups in total. The first kappa shape index (κ1) is 7.00. The quantitative estimate of drug-likeness (QED) is 0.756. The molecule has 0 unspecified atom stereocenters. The smallest absolute Gasteiger partial charge is 0.258 e. The summed E-state index contributed by atoms with van der Waals surface area (Å²) in [4.78, 5) is 0.975. The second-order valence-corrected chi connectivity index (χ2v) is 3.61. The molecular formula is C6H3BrN2OS. The molecule has 0 aliphatic heterocycles. The van der Waals surface area contributed by atoms with E-state index in [0.29, 0.717) is 5.89 Å². The molecule has 0 radical (unpaired) electrons. The third-order valence-electron chi connectivity index (χ3n) is 1.17. The molecule has 0 spiro atoms. The number of rotatable bonds is 1. The molecule has 2 aromatic heterocycles. The van der Waals surface area contributed by atoms with Crippen LogP contribution in [0.15, 0.2) is 26.7 Å². The van der Waals surface area contributed by atoms with E-state index in [4.69, 9.17) is 4.42 Å². The van der Waals surface area contributed by atoms with Crippen LogP contribution in [-0.4, -0.2) is 10.2 Å². The summed E-state index contributed by atoms with van der Waals surface area (Å²) in [5, 5.41) is 9.33. The highest BCUT2D eigenvalue weighted by molar-refractivity contribution is 9.10. The molecule has 0 bridgehead atoms. The lowest BCUT2D eigenvalue weighted by Gasteiger charge is -1.86. The highest BCUT2D eigenvalue weighted by Gasteiger charge is 2.08. The first-order valence-electron chi connectivity index (χ1n) is 2.87. The number of nitrogens with zero attached hydrogens (tertiary/aromatic N) is 2. The van der Waals surface area contributed by atoms with Crippen LogP contribution < -0.4 is 0 Å². The Labute approximate surface area is 75.2 Å². The minimum atomic E-state index is 0.562. The zero-order valence-corrected chi connectivity index (χ0v) is 7.72. The number of aromatic nitrogens is 2. The molecule has 2 rings (SSSR count). The van der Waals surface area contributed by atoms with Gasteiger partial charge in [-0.05, 0) is 27.4 Å². The van der Waals surface area contributed by atoms with Crippen molar-refractivity contribution in [2.75, 3.05) is 0 Å². The predicted molar refractivity (Wildman–Crippen MR) is 45.3 cm³/mol. The molecule has 0 fully saturated rings. The summed E-state index contributed by atoms with van der Waals surface area (Å²) in [6.07, 6.45) is 1.32. The Bertz CT molecular complexity index is 343. The summed E-state index contributed by atoms with van der Waals surface area (Å²) in [6.45, 7) is 0. The average molecular weight is 231 g/mol. The number of hydrogen-bond donors (Lipinski definition) is 0. The van der Waals surface area contributed by atoms with Crippen LogP contribution in [0, 0.1) is 0 Å². The van der Waals surface area contributed by atoms with Gasteiger partial charge in [-0.15, -0.1) is 21.5 Å². The second-order valence-electron chi connectivity index (χ2n) is 1.84. The van der Waals surface area contributed by atoms with Crippen molar-refractivity contribution in [1.82, 2.24) is 10.2 Å². The molecular weight excluding hydrogens is 228 g/mol. The molecule has 0 aromatic carbocycles. The molecule has 0 atom stereocenters. The van der Waals surface area contributed by atoms with Crippen LogP contribution in [0.3, 0.4) is 0 Å². The maximum atomic E-state index is 5.02. The zero-order valence-electron chi connectivity index (χ0n) is 5.32. The lowest BCUT2D eigenvalue weighted by molar-refractivity contribution is 0.570. The number of thiophene rings is 1. The molecule has 0 aliphatic carbocycles. The summed E-state index contributed by atoms with van der Waals surface area (Å²) in [7, 11) is 0. The Morgan fingerprint density at radius 3 is 3.00 bits per heavy atom. The highest BCUT2D eigenvalue weighted by atomic mass is 79.9. The average Bonchev–Trinajstić information content (AvgIpc) is 2.55. The van der Waals surface area contributed by atoms with Gasteiger partial charge in [0.2, 0.25) is 6.39 Å². The Balaban J connectivity index is 2.53. The maximum absolute atomic E-state index is 5.02. The van der Waals surface area contributed by atoms with Gasteiger partial charge >= 0.3 is 0 Å². The van der Waals surface area contributed by atoms with Gasteiger partial charge < -0.3 is 4.42 Å². The van der Waals surface area contributed by atoms with Gasteiger partial charge in [0.05, 0.1) is 0 Å². The third-order valence-corrected chi connectivity index (χ3v) is 3.00. The largest absolute Gasteiger partial charge is 0.423 e. The van der Waals surface area contributed by atoms with Crippen LogP contribution in [0.1, 0.15) is 0 Å². The molecule has 5 heteroatoms. The van der Waals surface area contributed by atoms with Gasteiger partial charge in [0.1, 0.15) is 4.88 Å². The molecule has 2 aromatic rings. The zero-order chi connectivity index (χ0) is 7.68. The minimum absolute atomic E-state index is 0.562. The molecule has 0 saturated carbocycles. The standard InChI is InChI=1S/C6H3BrN2OS/c7-4-1-2-11-5(4)6-9-8-3-10-6/h1-3H. The van der Waals surface area contributed by atoms with E-state index in [1.54, 1.807) is 11.3 Å². The monoisotopic (exact) mass is 230 g/mol. The van der Waals surface area contributed by atoms with E-state index in [0.717, 1.165) is 9.35 Å². The molecule has 3 nitrogen and oxygen atoms in total. The molecule has 2 heterocycles. The van der Waals surface area contributed by atoms with Crippen LogP contribution in [0.2, 0.25) is 0 Å². The summed E-state index contributed by atoms with van der Waals surface area (Å²) in [5.74, 6) is 0.562. The van der Waals surface area contributed by atoms with Crippen LogP contribution >= 0.6 is 27.3 Å². The summed E-state index contributed by atoms with van der Waals surface area (Å²) in [5.41, 5.74) is 0. The summed E-state index contributed by atoms with van der Waals surface area (Å²) < 4.78 is 6.01. The molecule has 11 heavy (non-hydrogen) atoms. The molecule has 0 amide bonds. The SMILES string of the molecule is Brc1ccsc1-c1nnco1. The normalized spacial score (nSPS) is 10.3. The first-order chi connectivity index (χ1) is 5.38. The van der Waals surface area contributed by atoms with E-state index in [1.165, 1.54) is 6.39 Å². The number of hydrogen-bond acceptors (Lipinski definition) is 4. The van der Waals surface area contributed by atoms with Crippen molar-refractivity contribution in [1.29, 1.82) is 0 Å². The van der Waals surface area contributed by atoms with Crippen LogP contribution in [0.4, 0.5) is 0 Å². The minimum Gasteiger partial charge on any atom is -0.423 e. The van der Waals surface area contributed by atoms with Gasteiger partial charge in [-0.2, -0.15) is 0 Å². The van der Waals surface area contributed by atoms with E-state index in [2.05, 4.69) is 26.1 Å². The van der Waals surface area contributed by atoms with E-state index in [9.17, 15) is 0 Å². The van der Waals surface area contributed by atoms with Gasteiger partial charge in [-0.25, -0.2) is 0 Å². The van der Waals surface area contributed by atoms with Gasteiger partial charge in [-0.1, -0.05) is 0 Å². The number of halogens is 1. The van der Waals surface area contributed by atoms with Crippen molar-refractivity contribution in [2.45, 2.75) is 0 Å². The van der Waals surface area contributed by atoms with Gasteiger partial charge in [0.25, 0.3) is 5.89 Å². The second kappa shape index (κ2) is 2.75. The van der Waals surface area contributed by atoms with Crippen molar-refractivity contribution >= 4 is 27.3 Å². The Hall–Kier alpha value is -0.680. The van der Waals surface area contributed by atoms with Gasteiger partial charge in [0.15, 0.2) is 0 Å². The van der Waals surface area contributed by atoms with Gasteiger partial charge in [0, 0.05) is 4.47 Å². The van der Waals surface area contributed by atoms with E-state index in [-0.39, 0.29) is 0 Å². The van der Waals surface area contributed by atoms with Crippen molar-refractivity contribution < 1.29 is 4.42 Å². The highest BCUT2D eigenvalue weighted by Crippen LogP contribution is 2.31. The van der Waals surface area contributed by atoms with Crippen molar-refractivity contribution in [3.05, 3.63) is 22.3 Å². The predicted octanol–water partition coefficient (Wildman–Crippen LogP) is 2.56. The van der Waals surface area contributed by atoms with Crippen molar-refractivity contribution in [3.8, 4) is 10.8 Å². The fourth-order valence-electron chi connectivity index (χ4n) is 0.718. The Morgan fingerprint density at radius 1 is 1.55 bits per heavy atom. The van der Waals surface area contributed by atoms with E-state index < -0.39 is 0 Å². The fraction of sp³-hybridized carbons (Fsp3) is 0. The topological polar surface area (TPSA) is 38.9 Å². The molecule has 56 valence electrons. The van der Waals surface area contributed by atoms with Gasteiger partial charge in [-0.3, -0.25) is 0 Å². The lowest BCUT2D eigenvalue weighted by atomic mass is 10.5. The van der Waals surface area contributed by atoms with E-state index >= 15 is 0 Å². The van der Waals surface area contributed by atoms with Crippen LogP contribution in [0.5, 0.6) is 0 Å². The third kappa shape index (κ3) is 1.21. The van der Waals surface area contributed by atoms with Crippen LogP contribution in [0.25, 0.3) is 10.8 Å². The Kier molecular flexibility index (Phi) is 1.75.